The monoisotopic (exact) mass is 391 g/mol. The van der Waals surface area contributed by atoms with Crippen LogP contribution in [0.1, 0.15) is 28.8 Å². The lowest BCUT2D eigenvalue weighted by Gasteiger charge is -2.12. The van der Waals surface area contributed by atoms with Crippen LogP contribution in [0.2, 0.25) is 0 Å². The molecule has 0 aliphatic carbocycles. The van der Waals surface area contributed by atoms with Crippen LogP contribution in [-0.4, -0.2) is 39.3 Å². The van der Waals surface area contributed by atoms with E-state index in [0.29, 0.717) is 30.2 Å². The molecule has 3 heterocycles. The first-order chi connectivity index (χ1) is 14.2. The number of anilines is 1. The zero-order valence-corrected chi connectivity index (χ0v) is 15.7. The molecule has 0 unspecified atom stereocenters. The molecule has 148 valence electrons. The molecule has 1 fully saturated rings. The summed E-state index contributed by atoms with van der Waals surface area (Å²) in [7, 11) is 0. The molecule has 1 saturated heterocycles. The molecule has 1 aliphatic rings. The molecule has 0 saturated carbocycles. The van der Waals surface area contributed by atoms with Gasteiger partial charge in [0.1, 0.15) is 6.10 Å². The molecule has 0 spiro atoms. The highest BCUT2D eigenvalue weighted by Gasteiger charge is 2.23. The van der Waals surface area contributed by atoms with Gasteiger partial charge in [-0.25, -0.2) is 9.67 Å². The summed E-state index contributed by atoms with van der Waals surface area (Å²) in [5, 5.41) is 9.91. The second kappa shape index (κ2) is 8.66. The van der Waals surface area contributed by atoms with Gasteiger partial charge in [0.15, 0.2) is 5.82 Å². The second-order valence-corrected chi connectivity index (χ2v) is 6.69. The minimum Gasteiger partial charge on any atom is -0.368 e. The molecule has 1 aromatic carbocycles. The lowest BCUT2D eigenvalue weighted by molar-refractivity contribution is -0.124. The number of carbonyl (C=O) groups is 2. The third kappa shape index (κ3) is 4.49. The lowest BCUT2D eigenvalue weighted by Crippen LogP contribution is -2.27. The zero-order valence-electron chi connectivity index (χ0n) is 15.7. The molecule has 29 heavy (non-hydrogen) atoms. The van der Waals surface area contributed by atoms with Gasteiger partial charge in [0.2, 0.25) is 0 Å². The van der Waals surface area contributed by atoms with Gasteiger partial charge in [-0.15, -0.1) is 0 Å². The molecule has 2 amide bonds. The fourth-order valence-electron chi connectivity index (χ4n) is 3.19. The van der Waals surface area contributed by atoms with Crippen molar-refractivity contribution in [1.29, 1.82) is 0 Å². The third-order valence-electron chi connectivity index (χ3n) is 4.64. The summed E-state index contributed by atoms with van der Waals surface area (Å²) < 4.78 is 7.05. The molecule has 8 heteroatoms. The third-order valence-corrected chi connectivity index (χ3v) is 4.64. The Morgan fingerprint density at radius 3 is 2.90 bits per heavy atom. The molecule has 0 radical (unpaired) electrons. The van der Waals surface area contributed by atoms with Gasteiger partial charge in [0.25, 0.3) is 11.8 Å². The average Bonchev–Trinajstić information content (AvgIpc) is 3.47. The molecule has 1 atom stereocenters. The number of hydrogen-bond donors (Lipinski definition) is 2. The van der Waals surface area contributed by atoms with E-state index in [1.165, 1.54) is 0 Å². The van der Waals surface area contributed by atoms with Gasteiger partial charge in [0, 0.05) is 48.6 Å². The maximum absolute atomic E-state index is 12.6. The van der Waals surface area contributed by atoms with E-state index >= 15 is 0 Å². The minimum atomic E-state index is -0.418. The minimum absolute atomic E-state index is 0.181. The molecule has 2 aromatic heterocycles. The standard InChI is InChI=1S/C21H21N5O3/c27-20(23-14-16-6-2-9-22-19(16)26-11-4-10-24-26)15-5-1-7-17(13-15)25-21(28)18-8-3-12-29-18/h1-2,4-7,9-11,13,18H,3,8,12,14H2,(H,23,27)(H,25,28)/t18-/m1/s1. The van der Waals surface area contributed by atoms with E-state index in [0.717, 1.165) is 18.4 Å². The van der Waals surface area contributed by atoms with Crippen LogP contribution in [-0.2, 0) is 16.1 Å². The van der Waals surface area contributed by atoms with Gasteiger partial charge in [0.05, 0.1) is 0 Å². The summed E-state index contributed by atoms with van der Waals surface area (Å²) >= 11 is 0. The summed E-state index contributed by atoms with van der Waals surface area (Å²) in [6, 6.07) is 12.4. The van der Waals surface area contributed by atoms with Gasteiger partial charge in [-0.1, -0.05) is 12.1 Å². The van der Waals surface area contributed by atoms with Crippen LogP contribution in [0.15, 0.2) is 61.1 Å². The van der Waals surface area contributed by atoms with E-state index in [2.05, 4.69) is 20.7 Å². The van der Waals surface area contributed by atoms with Crippen LogP contribution in [0.3, 0.4) is 0 Å². The first-order valence-electron chi connectivity index (χ1n) is 9.45. The van der Waals surface area contributed by atoms with Crippen molar-refractivity contribution in [3.8, 4) is 5.82 Å². The van der Waals surface area contributed by atoms with E-state index in [1.54, 1.807) is 47.5 Å². The number of hydrogen-bond acceptors (Lipinski definition) is 5. The number of amides is 2. The first-order valence-corrected chi connectivity index (χ1v) is 9.45. The van der Waals surface area contributed by atoms with E-state index in [1.807, 2.05) is 18.2 Å². The summed E-state index contributed by atoms with van der Waals surface area (Å²) in [6.45, 7) is 0.907. The van der Waals surface area contributed by atoms with Gasteiger partial charge in [-0.2, -0.15) is 5.10 Å². The Labute approximate surface area is 167 Å². The summed E-state index contributed by atoms with van der Waals surface area (Å²) in [5.41, 5.74) is 1.86. The maximum atomic E-state index is 12.6. The predicted molar refractivity (Wildman–Crippen MR) is 107 cm³/mol. The normalized spacial score (nSPS) is 15.8. The summed E-state index contributed by atoms with van der Waals surface area (Å²) in [6.07, 6.45) is 6.34. The largest absolute Gasteiger partial charge is 0.368 e. The van der Waals surface area contributed by atoms with Gasteiger partial charge in [-0.05, 0) is 43.2 Å². The Kier molecular flexibility index (Phi) is 5.62. The predicted octanol–water partition coefficient (Wildman–Crippen LogP) is 2.31. The molecule has 0 bridgehead atoms. The Morgan fingerprint density at radius 1 is 1.17 bits per heavy atom. The quantitative estimate of drug-likeness (QED) is 0.672. The molecular formula is C21H21N5O3. The average molecular weight is 391 g/mol. The molecule has 1 aliphatic heterocycles. The fraction of sp³-hybridized carbons (Fsp3) is 0.238. The number of nitrogens with zero attached hydrogens (tertiary/aromatic N) is 3. The molecule has 8 nitrogen and oxygen atoms in total. The van der Waals surface area contributed by atoms with Crippen molar-refractivity contribution in [1.82, 2.24) is 20.1 Å². The molecular weight excluding hydrogens is 370 g/mol. The van der Waals surface area contributed by atoms with E-state index in [4.69, 9.17) is 4.74 Å². The van der Waals surface area contributed by atoms with Gasteiger partial charge >= 0.3 is 0 Å². The number of rotatable bonds is 6. The molecule has 4 rings (SSSR count). The van der Waals surface area contributed by atoms with E-state index in [-0.39, 0.29) is 11.8 Å². The number of carbonyl (C=O) groups excluding carboxylic acids is 2. The van der Waals surface area contributed by atoms with Crippen molar-refractivity contribution < 1.29 is 14.3 Å². The summed E-state index contributed by atoms with van der Waals surface area (Å²) in [5.74, 6) is 0.239. The van der Waals surface area contributed by atoms with Crippen LogP contribution in [0.25, 0.3) is 5.82 Å². The SMILES string of the molecule is O=C(NCc1cccnc1-n1cccn1)c1cccc(NC(=O)[C@H]2CCCO2)c1. The molecule has 3 aromatic rings. The Balaban J connectivity index is 1.41. The number of benzene rings is 1. The van der Waals surface area contributed by atoms with Crippen LogP contribution in [0.5, 0.6) is 0 Å². The van der Waals surface area contributed by atoms with Crippen molar-refractivity contribution in [2.75, 3.05) is 11.9 Å². The summed E-state index contributed by atoms with van der Waals surface area (Å²) in [4.78, 5) is 29.2. The van der Waals surface area contributed by atoms with E-state index in [9.17, 15) is 9.59 Å². The van der Waals surface area contributed by atoms with Crippen molar-refractivity contribution in [3.63, 3.8) is 0 Å². The van der Waals surface area contributed by atoms with Crippen molar-refractivity contribution in [2.45, 2.75) is 25.5 Å². The highest BCUT2D eigenvalue weighted by molar-refractivity contribution is 5.98. The number of pyridine rings is 1. The van der Waals surface area contributed by atoms with Gasteiger partial charge in [-0.3, -0.25) is 9.59 Å². The highest BCUT2D eigenvalue weighted by atomic mass is 16.5. The maximum Gasteiger partial charge on any atom is 0.253 e. The van der Waals surface area contributed by atoms with Crippen LogP contribution in [0, 0.1) is 0 Å². The van der Waals surface area contributed by atoms with Crippen molar-refractivity contribution >= 4 is 17.5 Å². The zero-order chi connectivity index (χ0) is 20.1. The van der Waals surface area contributed by atoms with Crippen molar-refractivity contribution in [3.05, 3.63) is 72.2 Å². The molecule has 2 N–H and O–H groups in total. The Hall–Kier alpha value is -3.52. The fourth-order valence-corrected chi connectivity index (χ4v) is 3.19. The number of nitrogens with one attached hydrogen (secondary N) is 2. The topological polar surface area (TPSA) is 98.1 Å². The highest BCUT2D eigenvalue weighted by Crippen LogP contribution is 2.17. The Bertz CT molecular complexity index is 997. The Morgan fingerprint density at radius 2 is 2.10 bits per heavy atom. The lowest BCUT2D eigenvalue weighted by atomic mass is 10.1. The first kappa shape index (κ1) is 18.8. The van der Waals surface area contributed by atoms with Crippen molar-refractivity contribution in [2.24, 2.45) is 0 Å². The second-order valence-electron chi connectivity index (χ2n) is 6.69. The van der Waals surface area contributed by atoms with E-state index < -0.39 is 6.10 Å². The smallest absolute Gasteiger partial charge is 0.253 e. The van der Waals surface area contributed by atoms with Gasteiger partial charge < -0.3 is 15.4 Å². The number of aromatic nitrogens is 3. The number of ether oxygens (including phenoxy) is 1. The van der Waals surface area contributed by atoms with Crippen LogP contribution >= 0.6 is 0 Å². The van der Waals surface area contributed by atoms with Crippen LogP contribution < -0.4 is 10.6 Å². The van der Waals surface area contributed by atoms with Crippen LogP contribution in [0.4, 0.5) is 5.69 Å².